The number of nitrogens with two attached hydrogens (primary N) is 1. The molecule has 4 aliphatic carbocycles. The van der Waals surface area contributed by atoms with Gasteiger partial charge in [-0.15, -0.1) is 0 Å². The van der Waals surface area contributed by atoms with Gasteiger partial charge in [-0.25, -0.2) is 0 Å². The van der Waals surface area contributed by atoms with Crippen LogP contribution in [0.1, 0.15) is 105 Å². The summed E-state index contributed by atoms with van der Waals surface area (Å²) in [4.78, 5) is 0. The molecule has 0 heterocycles. The van der Waals surface area contributed by atoms with Crippen molar-refractivity contribution in [2.24, 2.45) is 58.0 Å². The normalized spacial score (nSPS) is 46.9. The van der Waals surface area contributed by atoms with Gasteiger partial charge in [-0.05, 0) is 149 Å². The fraction of sp³-hybridized carbons (Fsp3) is 1.00. The van der Waals surface area contributed by atoms with Crippen molar-refractivity contribution in [1.82, 2.24) is 5.32 Å². The van der Waals surface area contributed by atoms with Gasteiger partial charge >= 0.3 is 0 Å². The molecule has 4 N–H and O–H groups in total. The predicted octanol–water partition coefficient (Wildman–Crippen LogP) is 6.00. The minimum atomic E-state index is -0.0252. The van der Waals surface area contributed by atoms with E-state index in [9.17, 15) is 5.11 Å². The monoisotopic (exact) mass is 446 g/mol. The van der Waals surface area contributed by atoms with Crippen LogP contribution in [-0.4, -0.2) is 30.8 Å². The van der Waals surface area contributed by atoms with Gasteiger partial charge in [0.1, 0.15) is 0 Å². The number of fused-ring (bicyclic) bond motifs is 5. The number of nitrogens with one attached hydrogen (secondary N) is 1. The lowest BCUT2D eigenvalue weighted by Gasteiger charge is -2.63. The smallest absolute Gasteiger partial charge is 0.0543 e. The van der Waals surface area contributed by atoms with E-state index in [0.717, 1.165) is 73.8 Å². The molecule has 4 rings (SSSR count). The van der Waals surface area contributed by atoms with E-state index >= 15 is 0 Å². The van der Waals surface area contributed by atoms with Crippen LogP contribution in [0.2, 0.25) is 0 Å². The summed E-state index contributed by atoms with van der Waals surface area (Å²) < 4.78 is 0. The Labute approximate surface area is 199 Å². The number of aliphatic hydroxyl groups excluding tert-OH is 1. The van der Waals surface area contributed by atoms with Gasteiger partial charge in [0.05, 0.1) is 6.10 Å². The first kappa shape index (κ1) is 25.0. The van der Waals surface area contributed by atoms with Crippen molar-refractivity contribution in [3.05, 3.63) is 0 Å². The van der Waals surface area contributed by atoms with Crippen molar-refractivity contribution in [1.29, 1.82) is 0 Å². The SMILES string of the molecule is CC(CCCNCCCCN)C1CCC2C3CCC4CC(O)CCC4(C)C3CC(C)C12C. The fourth-order valence-electron chi connectivity index (χ4n) is 9.81. The van der Waals surface area contributed by atoms with E-state index in [0.29, 0.717) is 10.8 Å². The Balaban J connectivity index is 1.37. The topological polar surface area (TPSA) is 58.3 Å². The van der Waals surface area contributed by atoms with Crippen LogP contribution in [-0.2, 0) is 0 Å². The Kier molecular flexibility index (Phi) is 8.00. The molecule has 32 heavy (non-hydrogen) atoms. The molecule has 0 aromatic heterocycles. The van der Waals surface area contributed by atoms with E-state index in [4.69, 9.17) is 5.73 Å². The maximum Gasteiger partial charge on any atom is 0.0543 e. The zero-order chi connectivity index (χ0) is 22.9. The van der Waals surface area contributed by atoms with Crippen LogP contribution in [0.3, 0.4) is 0 Å². The van der Waals surface area contributed by atoms with Crippen molar-refractivity contribution in [3.63, 3.8) is 0 Å². The molecule has 0 bridgehead atoms. The van der Waals surface area contributed by atoms with E-state index in [1.54, 1.807) is 0 Å². The average molecular weight is 447 g/mol. The van der Waals surface area contributed by atoms with Crippen LogP contribution in [0.4, 0.5) is 0 Å². The van der Waals surface area contributed by atoms with Gasteiger partial charge in [0.2, 0.25) is 0 Å². The first-order valence-electron chi connectivity index (χ1n) is 14.4. The van der Waals surface area contributed by atoms with Gasteiger partial charge in [-0.1, -0.05) is 27.7 Å². The number of hydrogen-bond donors (Lipinski definition) is 3. The molecule has 0 aromatic rings. The highest BCUT2D eigenvalue weighted by Crippen LogP contribution is 2.69. The number of aliphatic hydroxyl groups is 1. The third-order valence-electron chi connectivity index (χ3n) is 11.8. The summed E-state index contributed by atoms with van der Waals surface area (Å²) in [5, 5.41) is 14.0. The van der Waals surface area contributed by atoms with E-state index in [-0.39, 0.29) is 6.10 Å². The maximum absolute atomic E-state index is 10.3. The summed E-state index contributed by atoms with van der Waals surface area (Å²) in [6.07, 6.45) is 15.7. The molecule has 4 saturated carbocycles. The van der Waals surface area contributed by atoms with Gasteiger partial charge in [0.25, 0.3) is 0 Å². The molecule has 3 heteroatoms. The van der Waals surface area contributed by atoms with Crippen molar-refractivity contribution >= 4 is 0 Å². The number of unbranched alkanes of at least 4 members (excludes halogenated alkanes) is 1. The third-order valence-corrected chi connectivity index (χ3v) is 11.8. The Bertz CT molecular complexity index is 610. The van der Waals surface area contributed by atoms with Crippen LogP contribution >= 0.6 is 0 Å². The quantitative estimate of drug-likeness (QED) is 0.381. The molecule has 4 fully saturated rings. The Morgan fingerprint density at radius 1 is 0.969 bits per heavy atom. The third kappa shape index (κ3) is 4.44. The lowest BCUT2D eigenvalue weighted by atomic mass is 9.42. The van der Waals surface area contributed by atoms with Gasteiger partial charge in [-0.3, -0.25) is 0 Å². The first-order chi connectivity index (χ1) is 15.3. The molecule has 3 nitrogen and oxygen atoms in total. The Morgan fingerprint density at radius 3 is 2.53 bits per heavy atom. The Hall–Kier alpha value is -0.120. The first-order valence-corrected chi connectivity index (χ1v) is 14.4. The summed E-state index contributed by atoms with van der Waals surface area (Å²) in [5.41, 5.74) is 6.65. The molecule has 0 radical (unpaired) electrons. The molecule has 0 saturated heterocycles. The van der Waals surface area contributed by atoms with Crippen LogP contribution in [0.25, 0.3) is 0 Å². The number of rotatable bonds is 9. The second kappa shape index (κ2) is 10.2. The molecule has 0 aromatic carbocycles. The summed E-state index contributed by atoms with van der Waals surface area (Å²) in [5.74, 6) is 6.20. The van der Waals surface area contributed by atoms with Crippen molar-refractivity contribution < 1.29 is 5.11 Å². The van der Waals surface area contributed by atoms with Crippen molar-refractivity contribution in [2.75, 3.05) is 19.6 Å². The van der Waals surface area contributed by atoms with Crippen LogP contribution in [0.5, 0.6) is 0 Å². The lowest BCUT2D eigenvalue weighted by molar-refractivity contribution is -0.149. The summed E-state index contributed by atoms with van der Waals surface area (Å²) in [6.45, 7) is 13.7. The van der Waals surface area contributed by atoms with E-state index < -0.39 is 0 Å². The second-order valence-electron chi connectivity index (χ2n) is 13.1. The van der Waals surface area contributed by atoms with E-state index in [1.165, 1.54) is 64.3 Å². The largest absolute Gasteiger partial charge is 0.393 e. The second-order valence-corrected chi connectivity index (χ2v) is 13.1. The standard InChI is InChI=1S/C29H54N2O/c1-20(8-7-17-31-16-6-5-15-30)25-11-12-26-24-10-9-22-19-23(32)13-14-28(22,3)27(24)18-21(2)29(25,26)4/h20-27,31-32H,5-19,30H2,1-4H3. The molecule has 0 spiro atoms. The Morgan fingerprint density at radius 2 is 1.75 bits per heavy atom. The molecular weight excluding hydrogens is 392 g/mol. The molecule has 10 atom stereocenters. The lowest BCUT2D eigenvalue weighted by Crippen LogP contribution is -2.56. The van der Waals surface area contributed by atoms with Crippen LogP contribution in [0, 0.1) is 52.3 Å². The highest BCUT2D eigenvalue weighted by Gasteiger charge is 2.62. The van der Waals surface area contributed by atoms with Crippen molar-refractivity contribution in [3.8, 4) is 0 Å². The van der Waals surface area contributed by atoms with Gasteiger partial charge < -0.3 is 16.2 Å². The van der Waals surface area contributed by atoms with Crippen LogP contribution in [0.15, 0.2) is 0 Å². The molecule has 0 amide bonds. The van der Waals surface area contributed by atoms with Gasteiger partial charge in [-0.2, -0.15) is 0 Å². The maximum atomic E-state index is 10.3. The summed E-state index contributed by atoms with van der Waals surface area (Å²) >= 11 is 0. The van der Waals surface area contributed by atoms with E-state index in [2.05, 4.69) is 33.0 Å². The molecule has 4 aliphatic rings. The minimum absolute atomic E-state index is 0.0252. The number of hydrogen-bond acceptors (Lipinski definition) is 3. The van der Waals surface area contributed by atoms with Crippen molar-refractivity contribution in [2.45, 2.75) is 111 Å². The zero-order valence-corrected chi connectivity index (χ0v) is 21.7. The summed E-state index contributed by atoms with van der Waals surface area (Å²) in [6, 6.07) is 0. The molecule has 10 unspecified atom stereocenters. The minimum Gasteiger partial charge on any atom is -0.393 e. The fourth-order valence-corrected chi connectivity index (χ4v) is 9.81. The molecule has 0 aliphatic heterocycles. The van der Waals surface area contributed by atoms with Gasteiger partial charge in [0, 0.05) is 0 Å². The zero-order valence-electron chi connectivity index (χ0n) is 21.7. The molecule has 186 valence electrons. The summed E-state index contributed by atoms with van der Waals surface area (Å²) in [7, 11) is 0. The molecular formula is C29H54N2O. The average Bonchev–Trinajstić information content (AvgIpc) is 3.13. The van der Waals surface area contributed by atoms with Gasteiger partial charge in [0.15, 0.2) is 0 Å². The highest BCUT2D eigenvalue weighted by molar-refractivity contribution is 5.11. The predicted molar refractivity (Wildman–Crippen MR) is 135 cm³/mol. The highest BCUT2D eigenvalue weighted by atomic mass is 16.3. The van der Waals surface area contributed by atoms with E-state index in [1.807, 2.05) is 0 Å². The van der Waals surface area contributed by atoms with Crippen LogP contribution < -0.4 is 11.1 Å².